The Morgan fingerprint density at radius 3 is 2.55 bits per heavy atom. The molecule has 0 amide bonds. The maximum Gasteiger partial charge on any atom is 0.491 e. The van der Waals surface area contributed by atoms with Crippen molar-refractivity contribution in [3.8, 4) is 32.5 Å². The Balaban J connectivity index is 1.44. The third-order valence-corrected chi connectivity index (χ3v) is 7.44. The lowest BCUT2D eigenvalue weighted by atomic mass is 9.98. The van der Waals surface area contributed by atoms with E-state index < -0.39 is 29.9 Å². The zero-order valence-corrected chi connectivity index (χ0v) is 23.3. The van der Waals surface area contributed by atoms with Gasteiger partial charge in [-0.1, -0.05) is 11.6 Å². The van der Waals surface area contributed by atoms with Crippen LogP contribution in [-0.4, -0.2) is 60.8 Å². The van der Waals surface area contributed by atoms with Crippen LogP contribution in [0.5, 0.6) is 11.5 Å². The summed E-state index contributed by atoms with van der Waals surface area (Å²) in [7, 11) is 1.47. The molecule has 0 radical (unpaired) electrons. The molecule has 0 aliphatic carbocycles. The third-order valence-electron chi connectivity index (χ3n) is 6.06. The fourth-order valence-corrected chi connectivity index (χ4v) is 5.34. The van der Waals surface area contributed by atoms with Gasteiger partial charge in [0.05, 0.1) is 29.0 Å². The highest BCUT2D eigenvalue weighted by Gasteiger charge is 2.44. The van der Waals surface area contributed by atoms with Gasteiger partial charge in [0.15, 0.2) is 0 Å². The van der Waals surface area contributed by atoms with Gasteiger partial charge in [0.2, 0.25) is 0 Å². The van der Waals surface area contributed by atoms with Crippen molar-refractivity contribution >= 4 is 34.9 Å². The predicted octanol–water partition coefficient (Wildman–Crippen LogP) is 6.17. The van der Waals surface area contributed by atoms with Crippen molar-refractivity contribution in [2.45, 2.75) is 32.5 Å². The molecule has 1 aliphatic rings. The number of esters is 2. The minimum absolute atomic E-state index is 0.0302. The molecule has 1 aromatic heterocycles. The molecular formula is C27H25ClF4N2O5S. The molecule has 3 aromatic rings. The summed E-state index contributed by atoms with van der Waals surface area (Å²) in [6.07, 6.45) is -3.29. The number of thiazole rings is 1. The summed E-state index contributed by atoms with van der Waals surface area (Å²) in [6.45, 7) is 4.43. The summed E-state index contributed by atoms with van der Waals surface area (Å²) in [5.41, 5.74) is 1.86. The number of rotatable bonds is 9. The fourth-order valence-electron chi connectivity index (χ4n) is 4.19. The van der Waals surface area contributed by atoms with Crippen molar-refractivity contribution in [1.29, 1.82) is 0 Å². The van der Waals surface area contributed by atoms with Crippen LogP contribution in [0, 0.1) is 11.7 Å². The number of alkyl halides is 3. The van der Waals surface area contributed by atoms with Crippen LogP contribution in [0.25, 0.3) is 21.0 Å². The lowest BCUT2D eigenvalue weighted by molar-refractivity contribution is -0.204. The standard InChI is InChI=1S/C27H25ClF4N2O5S/c1-14(2)38-21-5-4-16(9-20(21)28)24-33-11-22(40-24)19-10-18(29)8-15(23(19)37-3)6-7-34-12-17(13-34)25(35)39-26(36)27(30,31)32/h4-5,8-11,14,17H,6-7,12-13H2,1-3H3. The van der Waals surface area contributed by atoms with Crippen LogP contribution in [0.1, 0.15) is 19.4 Å². The lowest BCUT2D eigenvalue weighted by Crippen LogP contribution is -2.52. The highest BCUT2D eigenvalue weighted by atomic mass is 35.5. The molecule has 13 heteroatoms. The van der Waals surface area contributed by atoms with Crippen LogP contribution in [0.4, 0.5) is 17.6 Å². The SMILES string of the molecule is COc1c(CCN2CC(C(=O)OC(=O)C(F)(F)F)C2)cc(F)cc1-c1cnc(-c2ccc(OC(C)C)c(Cl)c2)s1. The van der Waals surface area contributed by atoms with Gasteiger partial charge in [0, 0.05) is 37.0 Å². The van der Waals surface area contributed by atoms with Gasteiger partial charge in [0.25, 0.3) is 0 Å². The van der Waals surface area contributed by atoms with Gasteiger partial charge in [-0.25, -0.2) is 14.2 Å². The predicted molar refractivity (Wildman–Crippen MR) is 141 cm³/mol. The van der Waals surface area contributed by atoms with Crippen molar-refractivity contribution in [2.24, 2.45) is 5.92 Å². The zero-order valence-electron chi connectivity index (χ0n) is 21.7. The van der Waals surface area contributed by atoms with Crippen LogP contribution in [0.3, 0.4) is 0 Å². The van der Waals surface area contributed by atoms with Gasteiger partial charge in [-0.05, 0) is 56.2 Å². The van der Waals surface area contributed by atoms with Gasteiger partial charge in [-0.2, -0.15) is 13.2 Å². The summed E-state index contributed by atoms with van der Waals surface area (Å²) < 4.78 is 66.8. The van der Waals surface area contributed by atoms with E-state index in [9.17, 15) is 27.2 Å². The maximum atomic E-state index is 14.7. The van der Waals surface area contributed by atoms with Crippen molar-refractivity contribution in [1.82, 2.24) is 9.88 Å². The van der Waals surface area contributed by atoms with Crippen molar-refractivity contribution in [3.05, 3.63) is 52.9 Å². The molecule has 2 heterocycles. The van der Waals surface area contributed by atoms with E-state index in [1.807, 2.05) is 19.9 Å². The summed E-state index contributed by atoms with van der Waals surface area (Å²) in [4.78, 5) is 29.6. The van der Waals surface area contributed by atoms with E-state index in [0.717, 1.165) is 5.56 Å². The van der Waals surface area contributed by atoms with Gasteiger partial charge < -0.3 is 19.1 Å². The Morgan fingerprint density at radius 2 is 1.93 bits per heavy atom. The number of carbonyl (C=O) groups excluding carboxylic acids is 2. The largest absolute Gasteiger partial charge is 0.496 e. The molecule has 0 saturated carbocycles. The first-order chi connectivity index (χ1) is 18.8. The van der Waals surface area contributed by atoms with Gasteiger partial charge >= 0.3 is 18.1 Å². The topological polar surface area (TPSA) is 78.0 Å². The number of hydrogen-bond donors (Lipinski definition) is 0. The first kappa shape index (κ1) is 29.8. The number of ether oxygens (including phenoxy) is 3. The molecule has 40 heavy (non-hydrogen) atoms. The smallest absolute Gasteiger partial charge is 0.491 e. The van der Waals surface area contributed by atoms with E-state index >= 15 is 0 Å². The minimum atomic E-state index is -5.23. The molecule has 0 atom stereocenters. The number of benzene rings is 2. The molecule has 0 N–H and O–H groups in total. The minimum Gasteiger partial charge on any atom is -0.496 e. The van der Waals surface area contributed by atoms with E-state index in [1.165, 1.54) is 30.6 Å². The molecule has 7 nitrogen and oxygen atoms in total. The number of carbonyl (C=O) groups is 2. The second-order valence-electron chi connectivity index (χ2n) is 9.40. The Labute approximate surface area is 236 Å². The Morgan fingerprint density at radius 1 is 1.20 bits per heavy atom. The Hall–Kier alpha value is -3.22. The first-order valence-corrected chi connectivity index (χ1v) is 13.4. The van der Waals surface area contributed by atoms with Crippen molar-refractivity contribution in [3.63, 3.8) is 0 Å². The van der Waals surface area contributed by atoms with Crippen LogP contribution in [0.15, 0.2) is 36.5 Å². The monoisotopic (exact) mass is 600 g/mol. The summed E-state index contributed by atoms with van der Waals surface area (Å²) in [6, 6.07) is 8.08. The summed E-state index contributed by atoms with van der Waals surface area (Å²) >= 11 is 7.71. The van der Waals surface area contributed by atoms with Crippen LogP contribution in [-0.2, 0) is 20.7 Å². The van der Waals surface area contributed by atoms with E-state index in [1.54, 1.807) is 23.2 Å². The average molecular weight is 601 g/mol. The molecule has 0 spiro atoms. The molecule has 214 valence electrons. The molecule has 0 bridgehead atoms. The van der Waals surface area contributed by atoms with E-state index in [4.69, 9.17) is 21.1 Å². The van der Waals surface area contributed by atoms with Crippen LogP contribution < -0.4 is 9.47 Å². The number of nitrogens with zero attached hydrogens (tertiary/aromatic N) is 2. The average Bonchev–Trinajstić information content (AvgIpc) is 3.33. The number of likely N-dealkylation sites (tertiary alicyclic amines) is 1. The van der Waals surface area contributed by atoms with Gasteiger partial charge in [0.1, 0.15) is 22.3 Å². The highest BCUT2D eigenvalue weighted by molar-refractivity contribution is 7.18. The quantitative estimate of drug-likeness (QED) is 0.165. The molecule has 1 fully saturated rings. The Bertz CT molecular complexity index is 1410. The number of hydrogen-bond acceptors (Lipinski definition) is 8. The highest BCUT2D eigenvalue weighted by Crippen LogP contribution is 2.41. The van der Waals surface area contributed by atoms with Gasteiger partial charge in [-0.15, -0.1) is 11.3 Å². The molecular weight excluding hydrogens is 576 g/mol. The number of methoxy groups -OCH3 is 1. The van der Waals surface area contributed by atoms with Crippen molar-refractivity contribution < 1.29 is 41.4 Å². The van der Waals surface area contributed by atoms with E-state index in [0.29, 0.717) is 50.5 Å². The Kier molecular flexibility index (Phi) is 9.01. The van der Waals surface area contributed by atoms with E-state index in [2.05, 4.69) is 9.72 Å². The summed E-state index contributed by atoms with van der Waals surface area (Å²) in [5, 5.41) is 1.12. The zero-order chi connectivity index (χ0) is 29.2. The second-order valence-corrected chi connectivity index (χ2v) is 10.8. The lowest BCUT2D eigenvalue weighted by Gasteiger charge is -2.37. The normalized spacial score (nSPS) is 14.2. The number of halogens is 5. The third kappa shape index (κ3) is 6.91. The first-order valence-electron chi connectivity index (χ1n) is 12.2. The molecule has 1 aliphatic heterocycles. The molecule has 4 rings (SSSR count). The van der Waals surface area contributed by atoms with Crippen LogP contribution >= 0.6 is 22.9 Å². The van der Waals surface area contributed by atoms with E-state index in [-0.39, 0.29) is 19.2 Å². The number of aromatic nitrogens is 1. The van der Waals surface area contributed by atoms with Crippen LogP contribution in [0.2, 0.25) is 5.02 Å². The molecule has 2 aromatic carbocycles. The second kappa shape index (κ2) is 12.1. The molecule has 1 saturated heterocycles. The van der Waals surface area contributed by atoms with Gasteiger partial charge in [-0.3, -0.25) is 4.79 Å². The fraction of sp³-hybridized carbons (Fsp3) is 0.370. The summed E-state index contributed by atoms with van der Waals surface area (Å²) in [5.74, 6) is -4.04. The van der Waals surface area contributed by atoms with Crippen molar-refractivity contribution in [2.75, 3.05) is 26.7 Å². The molecule has 0 unspecified atom stereocenters. The maximum absolute atomic E-state index is 14.7.